The molecule has 110 valence electrons. The van der Waals surface area contributed by atoms with Gasteiger partial charge in [0.15, 0.2) is 0 Å². The van der Waals surface area contributed by atoms with Crippen LogP contribution in [0.15, 0.2) is 65.3 Å². The molecule has 0 spiro atoms. The monoisotopic (exact) mass is 292 g/mol. The summed E-state index contributed by atoms with van der Waals surface area (Å²) in [5, 5.41) is 4.08. The number of hydrazine groups is 1. The predicted molar refractivity (Wildman–Crippen MR) is 87.7 cm³/mol. The van der Waals surface area contributed by atoms with E-state index < -0.39 is 0 Å². The molecule has 0 atom stereocenters. The molecule has 1 amide bonds. The third-order valence-electron chi connectivity index (χ3n) is 3.30. The summed E-state index contributed by atoms with van der Waals surface area (Å²) < 4.78 is 0. The summed E-state index contributed by atoms with van der Waals surface area (Å²) in [7, 11) is 0. The third kappa shape index (κ3) is 2.89. The second-order valence-electron chi connectivity index (χ2n) is 5.04. The van der Waals surface area contributed by atoms with E-state index >= 15 is 0 Å². The van der Waals surface area contributed by atoms with E-state index in [1.54, 1.807) is 6.08 Å². The smallest absolute Gasteiger partial charge is 0.293 e. The van der Waals surface area contributed by atoms with E-state index in [-0.39, 0.29) is 5.91 Å². The van der Waals surface area contributed by atoms with Crippen molar-refractivity contribution in [2.24, 2.45) is 10.8 Å². The highest BCUT2D eigenvalue weighted by atomic mass is 16.2. The number of carbonyl (C=O) groups is 1. The highest BCUT2D eigenvalue weighted by Gasteiger charge is 2.27. The first-order valence-corrected chi connectivity index (χ1v) is 6.92. The fourth-order valence-electron chi connectivity index (χ4n) is 2.09. The van der Waals surface area contributed by atoms with E-state index in [1.165, 1.54) is 0 Å². The van der Waals surface area contributed by atoms with Crippen LogP contribution in [0.3, 0.4) is 0 Å². The minimum absolute atomic E-state index is 0.309. The molecule has 0 saturated carbocycles. The second kappa shape index (κ2) is 5.83. The van der Waals surface area contributed by atoms with Crippen molar-refractivity contribution in [2.75, 3.05) is 5.32 Å². The van der Waals surface area contributed by atoms with Crippen LogP contribution in [0.4, 0.5) is 5.69 Å². The molecule has 5 heteroatoms. The molecule has 22 heavy (non-hydrogen) atoms. The Morgan fingerprint density at radius 3 is 2.45 bits per heavy atom. The highest BCUT2D eigenvalue weighted by Crippen LogP contribution is 2.17. The van der Waals surface area contributed by atoms with E-state index in [1.807, 2.05) is 61.5 Å². The summed E-state index contributed by atoms with van der Waals surface area (Å²) >= 11 is 0. The predicted octanol–water partition coefficient (Wildman–Crippen LogP) is 2.52. The molecule has 2 aromatic carbocycles. The maximum Gasteiger partial charge on any atom is 0.293 e. The fraction of sp³-hybridized carbons (Fsp3) is 0.0588. The van der Waals surface area contributed by atoms with Crippen LogP contribution in [0.1, 0.15) is 11.1 Å². The van der Waals surface area contributed by atoms with Gasteiger partial charge in [-0.05, 0) is 30.7 Å². The number of carbonyl (C=O) groups excluding carboxylic acids is 1. The standard InChI is InChI=1S/C17H16N4O/c1-12-7-9-14(10-8-12)19-17-20-15(16(22)21(17)18)11-13-5-3-2-4-6-13/h2-11H,18H2,1H3,(H,19,20)/b15-11+. The summed E-state index contributed by atoms with van der Waals surface area (Å²) in [6, 6.07) is 17.3. The number of guanidine groups is 1. The highest BCUT2D eigenvalue weighted by molar-refractivity contribution is 6.16. The molecule has 1 aliphatic heterocycles. The molecule has 1 heterocycles. The fourth-order valence-corrected chi connectivity index (χ4v) is 2.09. The lowest BCUT2D eigenvalue weighted by Gasteiger charge is -2.12. The minimum atomic E-state index is -0.335. The minimum Gasteiger partial charge on any atom is -0.324 e. The molecular formula is C17H16N4O. The second-order valence-corrected chi connectivity index (χ2v) is 5.04. The van der Waals surface area contributed by atoms with E-state index in [0.717, 1.165) is 21.8 Å². The van der Waals surface area contributed by atoms with Gasteiger partial charge in [0.2, 0.25) is 5.96 Å². The Balaban J connectivity index is 1.85. The van der Waals surface area contributed by atoms with E-state index in [2.05, 4.69) is 10.3 Å². The number of hydrogen-bond acceptors (Lipinski definition) is 4. The van der Waals surface area contributed by atoms with Crippen molar-refractivity contribution in [2.45, 2.75) is 6.92 Å². The van der Waals surface area contributed by atoms with Crippen LogP contribution in [0.25, 0.3) is 6.08 Å². The maximum atomic E-state index is 12.1. The topological polar surface area (TPSA) is 70.7 Å². The molecule has 1 aliphatic rings. The van der Waals surface area contributed by atoms with Gasteiger partial charge in [-0.3, -0.25) is 4.79 Å². The first-order valence-electron chi connectivity index (χ1n) is 6.92. The number of nitrogens with two attached hydrogens (primary N) is 1. The number of nitrogens with zero attached hydrogens (tertiary/aromatic N) is 2. The van der Waals surface area contributed by atoms with Gasteiger partial charge in [0.1, 0.15) is 5.70 Å². The van der Waals surface area contributed by atoms with Crippen molar-refractivity contribution < 1.29 is 4.79 Å². The Morgan fingerprint density at radius 1 is 1.09 bits per heavy atom. The van der Waals surface area contributed by atoms with Gasteiger partial charge in [-0.1, -0.05) is 48.0 Å². The SMILES string of the molecule is Cc1ccc(NC2=N/C(=C/c3ccccc3)C(=O)N2N)cc1. The molecule has 0 fully saturated rings. The van der Waals surface area contributed by atoms with E-state index in [9.17, 15) is 4.79 Å². The molecule has 0 aromatic heterocycles. The zero-order valence-corrected chi connectivity index (χ0v) is 12.2. The van der Waals surface area contributed by atoms with E-state index in [4.69, 9.17) is 5.84 Å². The lowest BCUT2D eigenvalue weighted by atomic mass is 10.2. The summed E-state index contributed by atoms with van der Waals surface area (Å²) in [4.78, 5) is 16.4. The first kappa shape index (κ1) is 14.0. The van der Waals surface area contributed by atoms with Crippen LogP contribution in [0.2, 0.25) is 0 Å². The largest absolute Gasteiger partial charge is 0.324 e. The van der Waals surface area contributed by atoms with Crippen LogP contribution in [0, 0.1) is 6.92 Å². The summed E-state index contributed by atoms with van der Waals surface area (Å²) in [5.41, 5.74) is 3.20. The average molecular weight is 292 g/mol. The van der Waals surface area contributed by atoms with Gasteiger partial charge >= 0.3 is 0 Å². The number of nitrogens with one attached hydrogen (secondary N) is 1. The number of amides is 1. The van der Waals surface area contributed by atoms with Crippen LogP contribution in [-0.4, -0.2) is 16.9 Å². The maximum absolute atomic E-state index is 12.1. The van der Waals surface area contributed by atoms with Gasteiger partial charge in [-0.25, -0.2) is 15.8 Å². The third-order valence-corrected chi connectivity index (χ3v) is 3.30. The summed E-state index contributed by atoms with van der Waals surface area (Å²) in [6.07, 6.45) is 1.71. The van der Waals surface area contributed by atoms with Gasteiger partial charge < -0.3 is 5.32 Å². The first-order chi connectivity index (χ1) is 10.6. The summed E-state index contributed by atoms with van der Waals surface area (Å²) in [5.74, 6) is 5.77. The van der Waals surface area contributed by atoms with Crippen molar-refractivity contribution in [3.63, 3.8) is 0 Å². The Bertz CT molecular complexity index is 748. The number of aliphatic imine (C=N–C) groups is 1. The molecule has 0 aliphatic carbocycles. The van der Waals surface area contributed by atoms with Crippen LogP contribution < -0.4 is 11.2 Å². The zero-order chi connectivity index (χ0) is 15.5. The van der Waals surface area contributed by atoms with Crippen molar-refractivity contribution in [1.29, 1.82) is 0 Å². The normalized spacial score (nSPS) is 16.1. The Kier molecular flexibility index (Phi) is 3.72. The average Bonchev–Trinajstić information content (AvgIpc) is 2.79. The van der Waals surface area contributed by atoms with Gasteiger partial charge in [-0.15, -0.1) is 0 Å². The Labute approximate surface area is 128 Å². The molecule has 0 saturated heterocycles. The van der Waals surface area contributed by atoms with Crippen molar-refractivity contribution in [1.82, 2.24) is 5.01 Å². The molecule has 0 radical (unpaired) electrons. The summed E-state index contributed by atoms with van der Waals surface area (Å²) in [6.45, 7) is 2.01. The van der Waals surface area contributed by atoms with Crippen LogP contribution in [-0.2, 0) is 4.79 Å². The number of aryl methyl sites for hydroxylation is 1. The molecule has 5 nitrogen and oxygen atoms in total. The van der Waals surface area contributed by atoms with E-state index in [0.29, 0.717) is 11.7 Å². The van der Waals surface area contributed by atoms with Crippen molar-refractivity contribution in [3.8, 4) is 0 Å². The van der Waals surface area contributed by atoms with Crippen molar-refractivity contribution >= 4 is 23.6 Å². The molecule has 0 bridgehead atoms. The quantitative estimate of drug-likeness (QED) is 0.507. The lowest BCUT2D eigenvalue weighted by molar-refractivity contribution is -0.122. The number of anilines is 1. The van der Waals surface area contributed by atoms with Crippen LogP contribution >= 0.6 is 0 Å². The van der Waals surface area contributed by atoms with Gasteiger partial charge in [0.05, 0.1) is 0 Å². The molecular weight excluding hydrogens is 276 g/mol. The number of hydrogen-bond donors (Lipinski definition) is 2. The molecule has 3 N–H and O–H groups in total. The lowest BCUT2D eigenvalue weighted by Crippen LogP contribution is -2.42. The molecule has 2 aromatic rings. The van der Waals surface area contributed by atoms with Gasteiger partial charge in [0.25, 0.3) is 5.91 Å². The van der Waals surface area contributed by atoms with Gasteiger partial charge in [0, 0.05) is 5.69 Å². The van der Waals surface area contributed by atoms with Crippen LogP contribution in [0.5, 0.6) is 0 Å². The molecule has 0 unspecified atom stereocenters. The molecule has 3 rings (SSSR count). The number of rotatable bonds is 2. The number of benzene rings is 2. The Morgan fingerprint density at radius 2 is 1.77 bits per heavy atom. The Hall–Kier alpha value is -2.92. The zero-order valence-electron chi connectivity index (χ0n) is 12.2. The van der Waals surface area contributed by atoms with Crippen molar-refractivity contribution in [3.05, 3.63) is 71.4 Å². The van der Waals surface area contributed by atoms with Gasteiger partial charge in [-0.2, -0.15) is 0 Å².